The normalized spacial score (nSPS) is 10.9. The minimum Gasteiger partial charge on any atom is -0.493 e. The largest absolute Gasteiger partial charge is 0.493 e. The highest BCUT2D eigenvalue weighted by Gasteiger charge is 2.13. The number of guanidine groups is 1. The number of nitrogens with zero attached hydrogens (tertiary/aromatic N) is 2. The van der Waals surface area contributed by atoms with Crippen molar-refractivity contribution in [3.63, 3.8) is 0 Å². The number of ether oxygens (including phenoxy) is 2. The van der Waals surface area contributed by atoms with Crippen LogP contribution in [-0.2, 0) is 6.54 Å². The lowest BCUT2D eigenvalue weighted by atomic mass is 10.2. The SMILES string of the molecule is COc1ccc(C(=O)NC(=NCc2ccccn2)Nc2ccccc2)cc1OC. The maximum absolute atomic E-state index is 12.8. The Bertz CT molecular complexity index is 976. The summed E-state index contributed by atoms with van der Waals surface area (Å²) in [4.78, 5) is 21.5. The van der Waals surface area contributed by atoms with Crippen molar-refractivity contribution in [1.29, 1.82) is 0 Å². The summed E-state index contributed by atoms with van der Waals surface area (Å²) in [6, 6.07) is 20.1. The molecule has 0 aliphatic heterocycles. The van der Waals surface area contributed by atoms with Gasteiger partial charge in [0, 0.05) is 17.4 Å². The number of aromatic nitrogens is 1. The maximum Gasteiger partial charge on any atom is 0.258 e. The van der Waals surface area contributed by atoms with E-state index in [0.29, 0.717) is 29.6 Å². The Labute approximate surface area is 169 Å². The number of rotatable bonds is 6. The average Bonchev–Trinajstić information content (AvgIpc) is 2.78. The van der Waals surface area contributed by atoms with Crippen LogP contribution in [-0.4, -0.2) is 31.1 Å². The van der Waals surface area contributed by atoms with E-state index in [1.165, 1.54) is 7.11 Å². The maximum atomic E-state index is 12.8. The number of aliphatic imine (C=N–C) groups is 1. The van der Waals surface area contributed by atoms with Crippen LogP contribution in [0, 0.1) is 0 Å². The van der Waals surface area contributed by atoms with Crippen LogP contribution in [0.2, 0.25) is 0 Å². The van der Waals surface area contributed by atoms with Gasteiger partial charge >= 0.3 is 0 Å². The van der Waals surface area contributed by atoms with Crippen LogP contribution >= 0.6 is 0 Å². The van der Waals surface area contributed by atoms with E-state index < -0.39 is 0 Å². The number of methoxy groups -OCH3 is 2. The fraction of sp³-hybridized carbons (Fsp3) is 0.136. The zero-order valence-corrected chi connectivity index (χ0v) is 16.3. The minimum atomic E-state index is -0.325. The van der Waals surface area contributed by atoms with E-state index in [1.807, 2.05) is 48.5 Å². The van der Waals surface area contributed by atoms with E-state index in [0.717, 1.165) is 11.4 Å². The molecular weight excluding hydrogens is 368 g/mol. The molecular formula is C22H22N4O3. The van der Waals surface area contributed by atoms with Gasteiger partial charge in [-0.1, -0.05) is 24.3 Å². The van der Waals surface area contributed by atoms with E-state index in [1.54, 1.807) is 31.5 Å². The third-order valence-corrected chi connectivity index (χ3v) is 4.04. The van der Waals surface area contributed by atoms with Gasteiger partial charge in [-0.25, -0.2) is 4.99 Å². The van der Waals surface area contributed by atoms with Gasteiger partial charge in [0.2, 0.25) is 5.96 Å². The molecule has 0 radical (unpaired) electrons. The number of anilines is 1. The molecule has 1 aromatic heterocycles. The first-order chi connectivity index (χ1) is 14.2. The molecule has 0 saturated heterocycles. The molecule has 3 rings (SSSR count). The van der Waals surface area contributed by atoms with Crippen LogP contribution in [0.15, 0.2) is 77.9 Å². The Morgan fingerprint density at radius 3 is 2.41 bits per heavy atom. The van der Waals surface area contributed by atoms with Gasteiger partial charge in [-0.05, 0) is 42.5 Å². The van der Waals surface area contributed by atoms with E-state index in [2.05, 4.69) is 20.6 Å². The Balaban J connectivity index is 1.81. The van der Waals surface area contributed by atoms with Gasteiger partial charge < -0.3 is 14.8 Å². The summed E-state index contributed by atoms with van der Waals surface area (Å²) in [5.41, 5.74) is 2.02. The molecule has 0 saturated carbocycles. The summed E-state index contributed by atoms with van der Waals surface area (Å²) in [5, 5.41) is 5.95. The number of carbonyl (C=O) groups excluding carboxylic acids is 1. The first-order valence-electron chi connectivity index (χ1n) is 8.99. The highest BCUT2D eigenvalue weighted by molar-refractivity contribution is 6.10. The number of benzene rings is 2. The smallest absolute Gasteiger partial charge is 0.258 e. The van der Waals surface area contributed by atoms with Crippen molar-refractivity contribution in [3.05, 3.63) is 84.2 Å². The molecule has 0 aliphatic rings. The van der Waals surface area contributed by atoms with Gasteiger partial charge in [-0.2, -0.15) is 0 Å². The predicted octanol–water partition coefficient (Wildman–Crippen LogP) is 3.50. The Morgan fingerprint density at radius 2 is 1.72 bits per heavy atom. The second-order valence-corrected chi connectivity index (χ2v) is 6.00. The third-order valence-electron chi connectivity index (χ3n) is 4.04. The number of pyridine rings is 1. The van der Waals surface area contributed by atoms with E-state index >= 15 is 0 Å². The molecule has 0 atom stereocenters. The summed E-state index contributed by atoms with van der Waals surface area (Å²) < 4.78 is 10.5. The fourth-order valence-electron chi connectivity index (χ4n) is 2.58. The van der Waals surface area contributed by atoms with Gasteiger partial charge in [-0.3, -0.25) is 15.1 Å². The number of nitrogens with one attached hydrogen (secondary N) is 2. The first-order valence-corrected chi connectivity index (χ1v) is 8.99. The van der Waals surface area contributed by atoms with Crippen LogP contribution < -0.4 is 20.1 Å². The van der Waals surface area contributed by atoms with Crippen molar-refractivity contribution in [3.8, 4) is 11.5 Å². The number of carbonyl (C=O) groups is 1. The monoisotopic (exact) mass is 390 g/mol. The predicted molar refractivity (Wildman–Crippen MR) is 112 cm³/mol. The molecule has 2 aromatic carbocycles. The summed E-state index contributed by atoms with van der Waals surface area (Å²) in [6.45, 7) is 0.322. The van der Waals surface area contributed by atoms with Crippen LogP contribution in [0.25, 0.3) is 0 Å². The molecule has 0 bridgehead atoms. The van der Waals surface area contributed by atoms with Gasteiger partial charge in [0.05, 0.1) is 26.5 Å². The molecule has 0 unspecified atom stereocenters. The van der Waals surface area contributed by atoms with Gasteiger partial charge in [-0.15, -0.1) is 0 Å². The Kier molecular flexibility index (Phi) is 6.78. The number of para-hydroxylation sites is 1. The molecule has 1 amide bonds. The average molecular weight is 390 g/mol. The molecule has 2 N–H and O–H groups in total. The van der Waals surface area contributed by atoms with Gasteiger partial charge in [0.15, 0.2) is 11.5 Å². The third kappa shape index (κ3) is 5.55. The molecule has 0 aliphatic carbocycles. The van der Waals surface area contributed by atoms with Crippen LogP contribution in [0.4, 0.5) is 5.69 Å². The molecule has 148 valence electrons. The zero-order valence-electron chi connectivity index (χ0n) is 16.3. The summed E-state index contributed by atoms with van der Waals surface area (Å²) in [7, 11) is 3.07. The zero-order chi connectivity index (χ0) is 20.5. The van der Waals surface area contributed by atoms with E-state index in [9.17, 15) is 4.79 Å². The molecule has 3 aromatic rings. The molecule has 29 heavy (non-hydrogen) atoms. The van der Waals surface area contributed by atoms with Crippen molar-refractivity contribution >= 4 is 17.6 Å². The molecule has 7 heteroatoms. The second-order valence-electron chi connectivity index (χ2n) is 6.00. The standard InChI is InChI=1S/C22H22N4O3/c1-28-19-12-11-16(14-20(19)29-2)21(27)26-22(25-17-8-4-3-5-9-17)24-15-18-10-6-7-13-23-18/h3-14H,15H2,1-2H3,(H2,24,25,26,27). The van der Waals surface area contributed by atoms with Crippen molar-refractivity contribution in [2.45, 2.75) is 6.54 Å². The van der Waals surface area contributed by atoms with Crippen molar-refractivity contribution in [1.82, 2.24) is 10.3 Å². The minimum absolute atomic E-state index is 0.321. The van der Waals surface area contributed by atoms with Gasteiger partial charge in [0.1, 0.15) is 0 Å². The lowest BCUT2D eigenvalue weighted by Gasteiger charge is -2.13. The lowest BCUT2D eigenvalue weighted by molar-refractivity contribution is 0.0976. The highest BCUT2D eigenvalue weighted by Crippen LogP contribution is 2.27. The second kappa shape index (κ2) is 9.89. The van der Waals surface area contributed by atoms with Gasteiger partial charge in [0.25, 0.3) is 5.91 Å². The first kappa shape index (κ1) is 19.9. The van der Waals surface area contributed by atoms with E-state index in [4.69, 9.17) is 9.47 Å². The van der Waals surface area contributed by atoms with E-state index in [-0.39, 0.29) is 5.91 Å². The number of amides is 1. The summed E-state index contributed by atoms with van der Waals surface area (Å²) in [5.74, 6) is 1.02. The quantitative estimate of drug-likeness (QED) is 0.497. The van der Waals surface area contributed by atoms with Crippen molar-refractivity contribution < 1.29 is 14.3 Å². The van der Waals surface area contributed by atoms with Crippen LogP contribution in [0.5, 0.6) is 11.5 Å². The highest BCUT2D eigenvalue weighted by atomic mass is 16.5. The summed E-state index contributed by atoms with van der Waals surface area (Å²) in [6.07, 6.45) is 1.71. The number of hydrogen-bond acceptors (Lipinski definition) is 5. The van der Waals surface area contributed by atoms with Crippen LogP contribution in [0.3, 0.4) is 0 Å². The topological polar surface area (TPSA) is 84.8 Å². The fourth-order valence-corrected chi connectivity index (χ4v) is 2.58. The Hall–Kier alpha value is -3.87. The van der Waals surface area contributed by atoms with Crippen molar-refractivity contribution in [2.75, 3.05) is 19.5 Å². The molecule has 0 spiro atoms. The molecule has 7 nitrogen and oxygen atoms in total. The van der Waals surface area contributed by atoms with Crippen molar-refractivity contribution in [2.24, 2.45) is 4.99 Å². The Morgan fingerprint density at radius 1 is 0.966 bits per heavy atom. The molecule has 1 heterocycles. The lowest BCUT2D eigenvalue weighted by Crippen LogP contribution is -2.36. The molecule has 0 fully saturated rings. The van der Waals surface area contributed by atoms with Crippen LogP contribution in [0.1, 0.15) is 16.1 Å². The number of hydrogen-bond donors (Lipinski definition) is 2. The summed E-state index contributed by atoms with van der Waals surface area (Å²) >= 11 is 0.